The quantitative estimate of drug-likeness (QED) is 0.466. The Labute approximate surface area is 100 Å². The zero-order valence-corrected chi connectivity index (χ0v) is 10.0. The Hall–Kier alpha value is -1.88. The number of likely N-dealkylation sites (N-methyl/N-ethyl adjacent to an activating group) is 1. The Morgan fingerprint density at radius 3 is 2.82 bits per heavy atom. The average Bonchev–Trinajstić information content (AvgIpc) is 2.26. The van der Waals surface area contributed by atoms with E-state index in [9.17, 15) is 10.1 Å². The van der Waals surface area contributed by atoms with Gasteiger partial charge in [0, 0.05) is 18.2 Å². The lowest BCUT2D eigenvalue weighted by atomic mass is 10.2. The van der Waals surface area contributed by atoms with Crippen LogP contribution < -0.4 is 10.1 Å². The van der Waals surface area contributed by atoms with Gasteiger partial charge in [-0.25, -0.2) is 0 Å². The van der Waals surface area contributed by atoms with Gasteiger partial charge in [0.05, 0.1) is 4.92 Å². The molecule has 1 aromatic rings. The van der Waals surface area contributed by atoms with E-state index in [-0.39, 0.29) is 5.69 Å². The molecule has 0 aliphatic carbocycles. The summed E-state index contributed by atoms with van der Waals surface area (Å²) in [5.41, 5.74) is 1.61. The maximum Gasteiger partial charge on any atom is 0.272 e. The second kappa shape index (κ2) is 6.00. The molecule has 0 saturated carbocycles. The Kier molecular flexibility index (Phi) is 4.66. The van der Waals surface area contributed by atoms with E-state index in [4.69, 9.17) is 4.74 Å². The molecule has 17 heavy (non-hydrogen) atoms. The van der Waals surface area contributed by atoms with Crippen molar-refractivity contribution in [1.82, 2.24) is 5.32 Å². The van der Waals surface area contributed by atoms with Crippen LogP contribution in [0.15, 0.2) is 30.4 Å². The lowest BCUT2D eigenvalue weighted by Gasteiger charge is -2.08. The van der Waals surface area contributed by atoms with Crippen molar-refractivity contribution in [1.29, 1.82) is 0 Å². The molecule has 0 saturated heterocycles. The summed E-state index contributed by atoms with van der Waals surface area (Å²) in [6.45, 7) is 6.61. The molecule has 0 aliphatic heterocycles. The van der Waals surface area contributed by atoms with Gasteiger partial charge in [0.25, 0.3) is 5.69 Å². The molecule has 0 aromatic heterocycles. The molecule has 0 fully saturated rings. The second-order valence-corrected chi connectivity index (χ2v) is 3.77. The smallest absolute Gasteiger partial charge is 0.272 e. The minimum Gasteiger partial charge on any atom is -0.489 e. The molecule has 0 heterocycles. The molecule has 0 bridgehead atoms. The van der Waals surface area contributed by atoms with Crippen molar-refractivity contribution in [3.8, 4) is 5.75 Å². The van der Waals surface area contributed by atoms with Crippen LogP contribution >= 0.6 is 0 Å². The predicted octanol–water partition coefficient (Wildman–Crippen LogP) is 2.06. The molecule has 0 spiro atoms. The first-order chi connectivity index (χ1) is 8.04. The van der Waals surface area contributed by atoms with Gasteiger partial charge in [-0.3, -0.25) is 10.1 Å². The molecule has 5 nitrogen and oxygen atoms in total. The van der Waals surface area contributed by atoms with Gasteiger partial charge in [0.2, 0.25) is 0 Å². The third-order valence-corrected chi connectivity index (χ3v) is 2.23. The van der Waals surface area contributed by atoms with E-state index >= 15 is 0 Å². The Morgan fingerprint density at radius 1 is 1.59 bits per heavy atom. The highest BCUT2D eigenvalue weighted by atomic mass is 16.6. The number of hydrogen-bond acceptors (Lipinski definition) is 4. The predicted molar refractivity (Wildman–Crippen MR) is 66.4 cm³/mol. The molecule has 0 aliphatic rings. The summed E-state index contributed by atoms with van der Waals surface area (Å²) in [6.07, 6.45) is 0. The lowest BCUT2D eigenvalue weighted by molar-refractivity contribution is -0.385. The summed E-state index contributed by atoms with van der Waals surface area (Å²) in [5.74, 6) is 0.616. The lowest BCUT2D eigenvalue weighted by Crippen LogP contribution is -2.14. The highest BCUT2D eigenvalue weighted by molar-refractivity contribution is 5.44. The Balaban J connectivity index is 2.65. The number of aryl methyl sites for hydroxylation is 1. The summed E-state index contributed by atoms with van der Waals surface area (Å²) in [6, 6.07) is 4.70. The molecule has 1 aromatic carbocycles. The fraction of sp³-hybridized carbons (Fsp3) is 0.333. The molecule has 0 radical (unpaired) electrons. The van der Waals surface area contributed by atoms with E-state index in [2.05, 4.69) is 11.9 Å². The van der Waals surface area contributed by atoms with Crippen LogP contribution in [0.4, 0.5) is 5.69 Å². The SMILES string of the molecule is C=C(CNC)COc1ccc([N+](=O)[O-])c(C)c1. The van der Waals surface area contributed by atoms with Crippen molar-refractivity contribution in [2.75, 3.05) is 20.2 Å². The number of ether oxygens (including phenoxy) is 1. The number of benzene rings is 1. The van der Waals surface area contributed by atoms with Crippen LogP contribution in [0.25, 0.3) is 0 Å². The van der Waals surface area contributed by atoms with Gasteiger partial charge < -0.3 is 10.1 Å². The van der Waals surface area contributed by atoms with Crippen molar-refractivity contribution >= 4 is 5.69 Å². The normalized spacial score (nSPS) is 10.0. The molecule has 1 rings (SSSR count). The highest BCUT2D eigenvalue weighted by Crippen LogP contribution is 2.23. The minimum atomic E-state index is -0.404. The van der Waals surface area contributed by atoms with Crippen LogP contribution in [0, 0.1) is 17.0 Å². The number of hydrogen-bond donors (Lipinski definition) is 1. The molecule has 5 heteroatoms. The largest absolute Gasteiger partial charge is 0.489 e. The first-order valence-corrected chi connectivity index (χ1v) is 5.23. The summed E-state index contributed by atoms with van der Waals surface area (Å²) >= 11 is 0. The van der Waals surface area contributed by atoms with E-state index < -0.39 is 4.92 Å². The Morgan fingerprint density at radius 2 is 2.29 bits per heavy atom. The van der Waals surface area contributed by atoms with E-state index in [0.29, 0.717) is 24.5 Å². The van der Waals surface area contributed by atoms with Crippen LogP contribution in [-0.4, -0.2) is 25.1 Å². The molecule has 0 amide bonds. The van der Waals surface area contributed by atoms with Crippen molar-refractivity contribution in [3.05, 3.63) is 46.0 Å². The van der Waals surface area contributed by atoms with Gasteiger partial charge >= 0.3 is 0 Å². The van der Waals surface area contributed by atoms with E-state index in [1.807, 2.05) is 7.05 Å². The monoisotopic (exact) mass is 236 g/mol. The fourth-order valence-corrected chi connectivity index (χ4v) is 1.41. The maximum atomic E-state index is 10.6. The second-order valence-electron chi connectivity index (χ2n) is 3.77. The van der Waals surface area contributed by atoms with Gasteiger partial charge in [0.1, 0.15) is 12.4 Å². The first-order valence-electron chi connectivity index (χ1n) is 5.23. The fourth-order valence-electron chi connectivity index (χ4n) is 1.41. The van der Waals surface area contributed by atoms with Crippen LogP contribution in [0.1, 0.15) is 5.56 Å². The van der Waals surface area contributed by atoms with E-state index in [1.165, 1.54) is 6.07 Å². The average molecular weight is 236 g/mol. The van der Waals surface area contributed by atoms with Crippen molar-refractivity contribution in [2.24, 2.45) is 0 Å². The van der Waals surface area contributed by atoms with Gasteiger partial charge in [0.15, 0.2) is 0 Å². The summed E-state index contributed by atoms with van der Waals surface area (Å²) in [5, 5.41) is 13.6. The third-order valence-electron chi connectivity index (χ3n) is 2.23. The molecule has 0 unspecified atom stereocenters. The molecular weight excluding hydrogens is 220 g/mol. The van der Waals surface area contributed by atoms with Crippen LogP contribution in [-0.2, 0) is 0 Å². The third kappa shape index (κ3) is 3.88. The summed E-state index contributed by atoms with van der Waals surface area (Å²) in [4.78, 5) is 10.2. The molecule has 92 valence electrons. The van der Waals surface area contributed by atoms with Gasteiger partial charge in [-0.1, -0.05) is 6.58 Å². The van der Waals surface area contributed by atoms with Crippen LogP contribution in [0.3, 0.4) is 0 Å². The highest BCUT2D eigenvalue weighted by Gasteiger charge is 2.10. The number of rotatable bonds is 6. The zero-order valence-electron chi connectivity index (χ0n) is 10.0. The molecule has 1 N–H and O–H groups in total. The van der Waals surface area contributed by atoms with E-state index in [1.54, 1.807) is 19.1 Å². The van der Waals surface area contributed by atoms with Gasteiger partial charge in [-0.2, -0.15) is 0 Å². The van der Waals surface area contributed by atoms with Crippen LogP contribution in [0.5, 0.6) is 5.75 Å². The van der Waals surface area contributed by atoms with Gasteiger partial charge in [-0.05, 0) is 31.7 Å². The van der Waals surface area contributed by atoms with Crippen molar-refractivity contribution in [3.63, 3.8) is 0 Å². The van der Waals surface area contributed by atoms with Crippen molar-refractivity contribution < 1.29 is 9.66 Å². The topological polar surface area (TPSA) is 64.4 Å². The maximum absolute atomic E-state index is 10.6. The first kappa shape index (κ1) is 13.2. The molecular formula is C12H16N2O3. The number of nitro groups is 1. The minimum absolute atomic E-state index is 0.103. The number of nitrogens with one attached hydrogen (secondary N) is 1. The number of nitro benzene ring substituents is 1. The summed E-state index contributed by atoms with van der Waals surface area (Å²) in [7, 11) is 1.83. The zero-order chi connectivity index (χ0) is 12.8. The molecule has 0 atom stereocenters. The number of nitrogens with zero attached hydrogens (tertiary/aromatic N) is 1. The van der Waals surface area contributed by atoms with Gasteiger partial charge in [-0.15, -0.1) is 0 Å². The van der Waals surface area contributed by atoms with Crippen LogP contribution in [0.2, 0.25) is 0 Å². The summed E-state index contributed by atoms with van der Waals surface area (Å²) < 4.78 is 5.47. The van der Waals surface area contributed by atoms with Crippen molar-refractivity contribution in [2.45, 2.75) is 6.92 Å². The Bertz CT molecular complexity index is 430. The standard InChI is InChI=1S/C12H16N2O3/c1-9(7-13-3)8-17-11-4-5-12(14(15)16)10(2)6-11/h4-6,13H,1,7-8H2,2-3H3. The van der Waals surface area contributed by atoms with E-state index in [0.717, 1.165) is 5.57 Å².